The van der Waals surface area contributed by atoms with Crippen molar-refractivity contribution in [3.8, 4) is 16.9 Å². The molecule has 156 valence electrons. The van der Waals surface area contributed by atoms with Crippen molar-refractivity contribution >= 4 is 24.1 Å². The summed E-state index contributed by atoms with van der Waals surface area (Å²) in [7, 11) is 1.65. The molecule has 0 spiro atoms. The van der Waals surface area contributed by atoms with Crippen LogP contribution in [0.15, 0.2) is 78.9 Å². The van der Waals surface area contributed by atoms with Gasteiger partial charge in [0.05, 0.1) is 19.2 Å². The van der Waals surface area contributed by atoms with Gasteiger partial charge in [-0.05, 0) is 60.4 Å². The van der Waals surface area contributed by atoms with E-state index in [1.807, 2.05) is 66.7 Å². The number of ether oxygens (including phenoxy) is 2. The largest absolute Gasteiger partial charge is 0.497 e. The Morgan fingerprint density at radius 2 is 1.53 bits per heavy atom. The number of carbonyl (C=O) groups excluding carboxylic acids is 1. The van der Waals surface area contributed by atoms with Gasteiger partial charge in [0.15, 0.2) is 0 Å². The second-order valence-electron chi connectivity index (χ2n) is 7.26. The number of para-hydroxylation sites is 1. The van der Waals surface area contributed by atoms with Gasteiger partial charge in [0.25, 0.3) is 0 Å². The molecule has 4 rings (SSSR count). The van der Waals surface area contributed by atoms with Crippen LogP contribution >= 0.6 is 12.4 Å². The molecule has 0 amide bonds. The molecule has 0 saturated carbocycles. The number of halogens is 1. The van der Waals surface area contributed by atoms with E-state index < -0.39 is 0 Å². The van der Waals surface area contributed by atoms with Crippen LogP contribution in [0.2, 0.25) is 0 Å². The minimum absolute atomic E-state index is 0. The third-order valence-corrected chi connectivity index (χ3v) is 5.32. The van der Waals surface area contributed by atoms with E-state index in [1.165, 1.54) is 5.69 Å². The molecule has 3 aromatic rings. The summed E-state index contributed by atoms with van der Waals surface area (Å²) in [6.07, 6.45) is 1.83. The lowest BCUT2D eigenvalue weighted by atomic mass is 10.0. The first-order valence-corrected chi connectivity index (χ1v) is 9.98. The summed E-state index contributed by atoms with van der Waals surface area (Å²) in [6, 6.07) is 25.7. The SMILES string of the molecule is COc1ccc(-c2ccc(C(=O)OC3CCCN(c4ccccc4)C3)cc2)cc1.Cl. The van der Waals surface area contributed by atoms with E-state index in [0.717, 1.165) is 42.8 Å². The van der Waals surface area contributed by atoms with E-state index in [4.69, 9.17) is 9.47 Å². The van der Waals surface area contributed by atoms with Gasteiger partial charge in [-0.2, -0.15) is 0 Å². The van der Waals surface area contributed by atoms with Crippen LogP contribution in [0.1, 0.15) is 23.2 Å². The number of piperidine rings is 1. The van der Waals surface area contributed by atoms with Crippen molar-refractivity contribution in [3.63, 3.8) is 0 Å². The summed E-state index contributed by atoms with van der Waals surface area (Å²) in [5.41, 5.74) is 3.89. The summed E-state index contributed by atoms with van der Waals surface area (Å²) >= 11 is 0. The zero-order valence-electron chi connectivity index (χ0n) is 17.0. The van der Waals surface area contributed by atoms with Crippen molar-refractivity contribution in [1.29, 1.82) is 0 Å². The quantitative estimate of drug-likeness (QED) is 0.500. The van der Waals surface area contributed by atoms with Gasteiger partial charge >= 0.3 is 5.97 Å². The molecular weight excluding hydrogens is 398 g/mol. The summed E-state index contributed by atoms with van der Waals surface area (Å²) in [5.74, 6) is 0.567. The van der Waals surface area contributed by atoms with Gasteiger partial charge in [-0.3, -0.25) is 0 Å². The van der Waals surface area contributed by atoms with E-state index in [2.05, 4.69) is 17.0 Å². The highest BCUT2D eigenvalue weighted by molar-refractivity contribution is 5.90. The number of benzene rings is 3. The Bertz CT molecular complexity index is 942. The van der Waals surface area contributed by atoms with Crippen molar-refractivity contribution in [2.45, 2.75) is 18.9 Å². The summed E-state index contributed by atoms with van der Waals surface area (Å²) < 4.78 is 11.0. The first kappa shape index (κ1) is 21.7. The maximum absolute atomic E-state index is 12.6. The molecule has 1 aliphatic heterocycles. The van der Waals surface area contributed by atoms with Gasteiger partial charge < -0.3 is 14.4 Å². The van der Waals surface area contributed by atoms with Crippen LogP contribution in [0.25, 0.3) is 11.1 Å². The van der Waals surface area contributed by atoms with E-state index >= 15 is 0 Å². The molecule has 5 heteroatoms. The Hall–Kier alpha value is -2.98. The van der Waals surface area contributed by atoms with Crippen LogP contribution in [-0.2, 0) is 4.74 Å². The molecule has 0 N–H and O–H groups in total. The highest BCUT2D eigenvalue weighted by atomic mass is 35.5. The highest BCUT2D eigenvalue weighted by Crippen LogP contribution is 2.24. The van der Waals surface area contributed by atoms with Gasteiger partial charge in [-0.15, -0.1) is 12.4 Å². The fraction of sp³-hybridized carbons (Fsp3) is 0.240. The zero-order valence-corrected chi connectivity index (χ0v) is 17.8. The lowest BCUT2D eigenvalue weighted by molar-refractivity contribution is 0.0270. The Kier molecular flexibility index (Phi) is 7.36. The van der Waals surface area contributed by atoms with Gasteiger partial charge in [0.2, 0.25) is 0 Å². The van der Waals surface area contributed by atoms with Gasteiger partial charge in [0, 0.05) is 12.2 Å². The smallest absolute Gasteiger partial charge is 0.338 e. The molecule has 1 aliphatic rings. The molecule has 0 aliphatic carbocycles. The third-order valence-electron chi connectivity index (χ3n) is 5.32. The van der Waals surface area contributed by atoms with Crippen molar-refractivity contribution < 1.29 is 14.3 Å². The lowest BCUT2D eigenvalue weighted by Gasteiger charge is -2.34. The number of hydrogen-bond acceptors (Lipinski definition) is 4. The predicted octanol–water partition coefficient (Wildman–Crippen LogP) is 5.61. The van der Waals surface area contributed by atoms with E-state index in [1.54, 1.807) is 7.11 Å². The summed E-state index contributed by atoms with van der Waals surface area (Å²) in [5, 5.41) is 0. The standard InChI is InChI=1S/C25H25NO3.ClH/c1-28-23-15-13-20(14-16-23)19-9-11-21(12-10-19)25(27)29-24-8-5-17-26(18-24)22-6-3-2-4-7-22;/h2-4,6-7,9-16,24H,5,8,17-18H2,1H3;1H. The Balaban J connectivity index is 0.00000256. The number of esters is 1. The van der Waals surface area contributed by atoms with Crippen LogP contribution in [-0.4, -0.2) is 32.3 Å². The highest BCUT2D eigenvalue weighted by Gasteiger charge is 2.23. The molecule has 1 heterocycles. The third kappa shape index (κ3) is 5.14. The van der Waals surface area contributed by atoms with Crippen LogP contribution < -0.4 is 9.64 Å². The number of methoxy groups -OCH3 is 1. The Morgan fingerprint density at radius 3 is 2.17 bits per heavy atom. The minimum Gasteiger partial charge on any atom is -0.497 e. The first-order valence-electron chi connectivity index (χ1n) is 9.98. The molecule has 1 fully saturated rings. The maximum atomic E-state index is 12.6. The zero-order chi connectivity index (χ0) is 20.1. The lowest BCUT2D eigenvalue weighted by Crippen LogP contribution is -2.40. The summed E-state index contributed by atoms with van der Waals surface area (Å²) in [6.45, 7) is 1.73. The van der Waals surface area contributed by atoms with Crippen molar-refractivity contribution in [2.24, 2.45) is 0 Å². The number of rotatable bonds is 5. The first-order chi connectivity index (χ1) is 14.2. The molecule has 1 atom stereocenters. The Labute approximate surface area is 183 Å². The minimum atomic E-state index is -0.258. The number of carbonyl (C=O) groups is 1. The number of hydrogen-bond donors (Lipinski definition) is 0. The fourth-order valence-corrected chi connectivity index (χ4v) is 3.71. The molecule has 1 unspecified atom stereocenters. The number of anilines is 1. The van der Waals surface area contributed by atoms with Crippen LogP contribution in [0.4, 0.5) is 5.69 Å². The predicted molar refractivity (Wildman–Crippen MR) is 123 cm³/mol. The van der Waals surface area contributed by atoms with Crippen molar-refractivity contribution in [2.75, 3.05) is 25.1 Å². The topological polar surface area (TPSA) is 38.8 Å². The molecule has 4 nitrogen and oxygen atoms in total. The van der Waals surface area contributed by atoms with Crippen LogP contribution in [0.3, 0.4) is 0 Å². The molecular formula is C25H26ClNO3. The second-order valence-corrected chi connectivity index (χ2v) is 7.26. The summed E-state index contributed by atoms with van der Waals surface area (Å²) in [4.78, 5) is 14.9. The van der Waals surface area contributed by atoms with E-state index in [0.29, 0.717) is 5.56 Å². The van der Waals surface area contributed by atoms with E-state index in [9.17, 15) is 4.79 Å². The molecule has 0 bridgehead atoms. The number of nitrogens with zero attached hydrogens (tertiary/aromatic N) is 1. The van der Waals surface area contributed by atoms with Gasteiger partial charge in [0.1, 0.15) is 11.9 Å². The van der Waals surface area contributed by atoms with Crippen LogP contribution in [0, 0.1) is 0 Å². The molecule has 1 saturated heterocycles. The molecule has 0 aromatic heterocycles. The Morgan fingerprint density at radius 1 is 0.900 bits per heavy atom. The second kappa shape index (κ2) is 10.2. The van der Waals surface area contributed by atoms with Gasteiger partial charge in [-0.1, -0.05) is 42.5 Å². The maximum Gasteiger partial charge on any atom is 0.338 e. The van der Waals surface area contributed by atoms with Crippen molar-refractivity contribution in [1.82, 2.24) is 0 Å². The fourth-order valence-electron chi connectivity index (χ4n) is 3.71. The van der Waals surface area contributed by atoms with E-state index in [-0.39, 0.29) is 24.5 Å². The average Bonchev–Trinajstić information content (AvgIpc) is 2.80. The molecule has 0 radical (unpaired) electrons. The normalized spacial score (nSPS) is 15.8. The molecule has 30 heavy (non-hydrogen) atoms. The monoisotopic (exact) mass is 423 g/mol. The molecule has 3 aromatic carbocycles. The average molecular weight is 424 g/mol. The van der Waals surface area contributed by atoms with Crippen molar-refractivity contribution in [3.05, 3.63) is 84.4 Å². The van der Waals surface area contributed by atoms with Gasteiger partial charge in [-0.25, -0.2) is 4.79 Å². The van der Waals surface area contributed by atoms with Crippen LogP contribution in [0.5, 0.6) is 5.75 Å².